The van der Waals surface area contributed by atoms with Gasteiger partial charge in [0, 0.05) is 40.3 Å². The number of alkyl halides is 3. The molecule has 1 aromatic carbocycles. The third-order valence-electron chi connectivity index (χ3n) is 5.40. The second-order valence-electron chi connectivity index (χ2n) is 7.44. The molecule has 3 aromatic heterocycles. The number of fused-ring (bicyclic) bond motifs is 1. The van der Waals surface area contributed by atoms with Gasteiger partial charge in [0.15, 0.2) is 5.13 Å². The van der Waals surface area contributed by atoms with E-state index in [4.69, 9.17) is 0 Å². The fraction of sp³-hybridized carbons (Fsp3) is 0.174. The zero-order valence-electron chi connectivity index (χ0n) is 18.0. The van der Waals surface area contributed by atoms with Crippen molar-refractivity contribution < 1.29 is 27.9 Å². The van der Waals surface area contributed by atoms with Crippen LogP contribution in [0.25, 0.3) is 10.9 Å². The van der Waals surface area contributed by atoms with Gasteiger partial charge >= 0.3 is 6.18 Å². The van der Waals surface area contributed by atoms with Crippen LogP contribution in [0.4, 0.5) is 18.3 Å². The Hall–Kier alpha value is -4.06. The Bertz CT molecular complexity index is 1480. The van der Waals surface area contributed by atoms with Crippen molar-refractivity contribution >= 4 is 39.2 Å². The molecule has 180 valence electrons. The standard InChI is InChI=1S/C23H17F3N4O4S/c1-2-11(16-13(21(33)34)6-4-8-27-16)18-15(20(32)30-22-28-9-10-35-22)19(31)12-5-3-7-14(17(12)29-18)23(24,25)26/h3-11H,2H2,1H3,(H,29,31)(H,33,34)(H,28,30,32)/p-1. The van der Waals surface area contributed by atoms with Gasteiger partial charge < -0.3 is 14.9 Å². The number of halogens is 3. The second-order valence-corrected chi connectivity index (χ2v) is 8.34. The first-order valence-corrected chi connectivity index (χ1v) is 11.1. The van der Waals surface area contributed by atoms with Crippen LogP contribution in [0.3, 0.4) is 0 Å². The highest BCUT2D eigenvalue weighted by Gasteiger charge is 2.35. The first-order valence-electron chi connectivity index (χ1n) is 10.3. The van der Waals surface area contributed by atoms with Gasteiger partial charge in [-0.25, -0.2) is 4.98 Å². The van der Waals surface area contributed by atoms with Crippen molar-refractivity contribution in [1.29, 1.82) is 0 Å². The molecule has 0 bridgehead atoms. The van der Waals surface area contributed by atoms with Crippen molar-refractivity contribution in [3.8, 4) is 0 Å². The molecule has 1 unspecified atom stereocenters. The van der Waals surface area contributed by atoms with Crippen LogP contribution in [0.5, 0.6) is 0 Å². The lowest BCUT2D eigenvalue weighted by Gasteiger charge is -2.22. The molecule has 8 nitrogen and oxygen atoms in total. The highest BCUT2D eigenvalue weighted by molar-refractivity contribution is 7.13. The van der Waals surface area contributed by atoms with E-state index in [9.17, 15) is 32.7 Å². The molecule has 0 fully saturated rings. The third kappa shape index (κ3) is 4.52. The normalized spacial score (nSPS) is 12.5. The number of aromatic carboxylic acids is 1. The first-order chi connectivity index (χ1) is 16.6. The van der Waals surface area contributed by atoms with Crippen LogP contribution < -0.4 is 15.9 Å². The monoisotopic (exact) mass is 501 g/mol. The highest BCUT2D eigenvalue weighted by atomic mass is 32.1. The summed E-state index contributed by atoms with van der Waals surface area (Å²) in [6, 6.07) is 5.67. The summed E-state index contributed by atoms with van der Waals surface area (Å²) in [5.41, 5.74) is -3.59. The van der Waals surface area contributed by atoms with E-state index in [1.54, 1.807) is 12.3 Å². The van der Waals surface area contributed by atoms with Crippen molar-refractivity contribution in [3.63, 3.8) is 0 Å². The van der Waals surface area contributed by atoms with E-state index in [0.717, 1.165) is 23.5 Å². The van der Waals surface area contributed by atoms with Crippen LogP contribution in [0.15, 0.2) is 52.9 Å². The van der Waals surface area contributed by atoms with Crippen molar-refractivity contribution in [2.45, 2.75) is 25.4 Å². The Morgan fingerprint density at radius 3 is 2.57 bits per heavy atom. The molecule has 0 spiro atoms. The summed E-state index contributed by atoms with van der Waals surface area (Å²) in [5.74, 6) is -3.50. The Kier molecular flexibility index (Phi) is 6.39. The molecule has 0 radical (unpaired) electrons. The second kappa shape index (κ2) is 9.29. The lowest BCUT2D eigenvalue weighted by atomic mass is 9.89. The van der Waals surface area contributed by atoms with E-state index in [1.807, 2.05) is 0 Å². The molecule has 4 aromatic rings. The smallest absolute Gasteiger partial charge is 0.418 e. The quantitative estimate of drug-likeness (QED) is 0.416. The van der Waals surface area contributed by atoms with Gasteiger partial charge in [0.25, 0.3) is 5.91 Å². The van der Waals surface area contributed by atoms with Crippen LogP contribution in [-0.4, -0.2) is 26.8 Å². The number of rotatable bonds is 6. The van der Waals surface area contributed by atoms with Crippen molar-refractivity contribution in [3.05, 3.63) is 86.4 Å². The number of H-pyrrole nitrogens is 1. The summed E-state index contributed by atoms with van der Waals surface area (Å²) in [5, 5.41) is 15.6. The van der Waals surface area contributed by atoms with Gasteiger partial charge in [-0.2, -0.15) is 13.2 Å². The Morgan fingerprint density at radius 2 is 1.94 bits per heavy atom. The molecule has 3 heterocycles. The number of thiazole rings is 1. The number of benzene rings is 1. The number of carbonyl (C=O) groups excluding carboxylic acids is 2. The van der Waals surface area contributed by atoms with Gasteiger partial charge in [0.05, 0.1) is 22.7 Å². The van der Waals surface area contributed by atoms with E-state index in [0.29, 0.717) is 0 Å². The number of pyridine rings is 2. The predicted molar refractivity (Wildman–Crippen MR) is 120 cm³/mol. The van der Waals surface area contributed by atoms with Gasteiger partial charge in [0.2, 0.25) is 5.43 Å². The number of hydrogen-bond acceptors (Lipinski definition) is 7. The van der Waals surface area contributed by atoms with Crippen LogP contribution in [0.2, 0.25) is 0 Å². The fourth-order valence-corrected chi connectivity index (χ4v) is 4.42. The third-order valence-corrected chi connectivity index (χ3v) is 6.08. The average Bonchev–Trinajstić information content (AvgIpc) is 3.32. The van der Waals surface area contributed by atoms with Crippen LogP contribution in [0.1, 0.15) is 56.9 Å². The SMILES string of the molecule is CCC(c1ncccc1C(=O)[O-])c1[nH]c2c(C(F)(F)F)cccc2c(=O)c1C(=O)Nc1nccs1. The van der Waals surface area contributed by atoms with E-state index in [-0.39, 0.29) is 33.9 Å². The lowest BCUT2D eigenvalue weighted by Crippen LogP contribution is -2.29. The van der Waals surface area contributed by atoms with Crippen molar-refractivity contribution in [1.82, 2.24) is 15.0 Å². The van der Waals surface area contributed by atoms with E-state index >= 15 is 0 Å². The zero-order valence-corrected chi connectivity index (χ0v) is 18.8. The highest BCUT2D eigenvalue weighted by Crippen LogP contribution is 2.36. The number of aromatic nitrogens is 3. The maximum absolute atomic E-state index is 13.8. The molecule has 0 aliphatic rings. The molecular weight excluding hydrogens is 485 g/mol. The Labute approximate surface area is 199 Å². The van der Waals surface area contributed by atoms with Crippen molar-refractivity contribution in [2.75, 3.05) is 5.32 Å². The van der Waals surface area contributed by atoms with E-state index in [1.165, 1.54) is 30.6 Å². The molecule has 0 saturated carbocycles. The van der Waals surface area contributed by atoms with Gasteiger partial charge in [-0.3, -0.25) is 19.9 Å². The summed E-state index contributed by atoms with van der Waals surface area (Å²) < 4.78 is 41.3. The number of aromatic amines is 1. The van der Waals surface area contributed by atoms with Gasteiger partial charge in [0.1, 0.15) is 5.56 Å². The van der Waals surface area contributed by atoms with Crippen molar-refractivity contribution in [2.24, 2.45) is 0 Å². The number of amides is 1. The molecule has 0 aliphatic carbocycles. The molecule has 1 amide bonds. The number of nitrogens with zero attached hydrogens (tertiary/aromatic N) is 2. The summed E-state index contributed by atoms with van der Waals surface area (Å²) in [6.07, 6.45) is -1.96. The molecule has 12 heteroatoms. The number of anilines is 1. The summed E-state index contributed by atoms with van der Waals surface area (Å²) in [7, 11) is 0. The number of nitrogens with one attached hydrogen (secondary N) is 2. The fourth-order valence-electron chi connectivity index (χ4n) is 3.90. The molecule has 35 heavy (non-hydrogen) atoms. The number of carboxylic acids is 1. The van der Waals surface area contributed by atoms with Crippen LogP contribution in [0, 0.1) is 0 Å². The lowest BCUT2D eigenvalue weighted by molar-refractivity contribution is -0.255. The van der Waals surface area contributed by atoms with Crippen LogP contribution in [-0.2, 0) is 6.18 Å². The van der Waals surface area contributed by atoms with Gasteiger partial charge in [-0.15, -0.1) is 11.3 Å². The van der Waals surface area contributed by atoms with Crippen LogP contribution >= 0.6 is 11.3 Å². The number of carboxylic acid groups (broad SMARTS) is 1. The molecule has 2 N–H and O–H groups in total. The zero-order chi connectivity index (χ0) is 25.3. The minimum atomic E-state index is -4.80. The van der Waals surface area contributed by atoms with E-state index in [2.05, 4.69) is 20.3 Å². The minimum Gasteiger partial charge on any atom is -0.545 e. The minimum absolute atomic E-state index is 0.0576. The maximum atomic E-state index is 13.8. The molecule has 1 atom stereocenters. The first kappa shape index (κ1) is 24.1. The Balaban J connectivity index is 2.05. The summed E-state index contributed by atoms with van der Waals surface area (Å²) in [6.45, 7) is 1.62. The van der Waals surface area contributed by atoms with E-state index < -0.39 is 46.0 Å². The summed E-state index contributed by atoms with van der Waals surface area (Å²) in [4.78, 5) is 49.1. The average molecular weight is 501 g/mol. The summed E-state index contributed by atoms with van der Waals surface area (Å²) >= 11 is 1.08. The number of carbonyl (C=O) groups is 2. The number of para-hydroxylation sites is 1. The topological polar surface area (TPSA) is 128 Å². The molecule has 4 rings (SSSR count). The maximum Gasteiger partial charge on any atom is 0.418 e. The van der Waals surface area contributed by atoms with Gasteiger partial charge in [-0.1, -0.05) is 13.0 Å². The number of hydrogen-bond donors (Lipinski definition) is 2. The largest absolute Gasteiger partial charge is 0.545 e. The predicted octanol–water partition coefficient (Wildman–Crippen LogP) is 3.56. The molecule has 0 saturated heterocycles. The molecule has 0 aliphatic heterocycles. The molecular formula is C23H16F3N4O4S-. The van der Waals surface area contributed by atoms with Gasteiger partial charge in [-0.05, 0) is 30.7 Å². The Morgan fingerprint density at radius 1 is 1.17 bits per heavy atom.